The number of methoxy groups -OCH3 is 1. The second kappa shape index (κ2) is 4.52. The molecule has 2 rings (SSSR count). The predicted molar refractivity (Wildman–Crippen MR) is 63.9 cm³/mol. The molecule has 2 nitrogen and oxygen atoms in total. The minimum atomic E-state index is 0.201. The van der Waals surface area contributed by atoms with E-state index in [0.717, 1.165) is 31.3 Å². The van der Waals surface area contributed by atoms with E-state index in [2.05, 4.69) is 18.7 Å². The first kappa shape index (κ1) is 10.9. The van der Waals surface area contributed by atoms with E-state index in [4.69, 9.17) is 4.74 Å². The first-order valence-electron chi connectivity index (χ1n) is 5.57. The van der Waals surface area contributed by atoms with E-state index in [-0.39, 0.29) is 5.92 Å². The number of carbonyl (C=O) groups excluding carboxylic acids is 1. The third kappa shape index (κ3) is 1.87. The molecule has 1 aromatic rings. The second-order valence-electron chi connectivity index (χ2n) is 4.20. The predicted octanol–water partition coefficient (Wildman–Crippen LogP) is 2.87. The topological polar surface area (TPSA) is 26.3 Å². The van der Waals surface area contributed by atoms with E-state index >= 15 is 0 Å². The van der Waals surface area contributed by atoms with Gasteiger partial charge in [0.25, 0.3) is 0 Å². The SMILES string of the molecule is C=C(C=O)C1CCCc2cc(OC)ccc21. The van der Waals surface area contributed by atoms with Crippen LogP contribution in [-0.2, 0) is 11.2 Å². The lowest BCUT2D eigenvalue weighted by Gasteiger charge is -2.25. The number of benzene rings is 1. The van der Waals surface area contributed by atoms with Gasteiger partial charge in [-0.3, -0.25) is 4.79 Å². The number of hydrogen-bond donors (Lipinski definition) is 0. The van der Waals surface area contributed by atoms with Gasteiger partial charge in [0.05, 0.1) is 7.11 Å². The van der Waals surface area contributed by atoms with Gasteiger partial charge in [-0.2, -0.15) is 0 Å². The molecule has 1 aliphatic carbocycles. The summed E-state index contributed by atoms with van der Waals surface area (Å²) in [6.45, 7) is 3.84. The van der Waals surface area contributed by atoms with Crippen LogP contribution >= 0.6 is 0 Å². The average molecular weight is 216 g/mol. The Labute approximate surface area is 95.9 Å². The van der Waals surface area contributed by atoms with Crippen molar-refractivity contribution in [2.45, 2.75) is 25.2 Å². The number of allylic oxidation sites excluding steroid dienone is 1. The molecule has 0 saturated heterocycles. The Bertz CT molecular complexity index is 421. The number of aldehydes is 1. The van der Waals surface area contributed by atoms with Crippen LogP contribution in [0.3, 0.4) is 0 Å². The van der Waals surface area contributed by atoms with Crippen LogP contribution < -0.4 is 4.74 Å². The van der Waals surface area contributed by atoms with Crippen molar-refractivity contribution >= 4 is 6.29 Å². The van der Waals surface area contributed by atoms with Crippen LogP contribution in [0.4, 0.5) is 0 Å². The molecule has 0 bridgehead atoms. The van der Waals surface area contributed by atoms with E-state index in [1.165, 1.54) is 11.1 Å². The molecule has 1 atom stereocenters. The summed E-state index contributed by atoms with van der Waals surface area (Å²) in [4.78, 5) is 10.8. The fourth-order valence-electron chi connectivity index (χ4n) is 2.38. The number of hydrogen-bond acceptors (Lipinski definition) is 2. The largest absolute Gasteiger partial charge is 0.497 e. The molecule has 0 spiro atoms. The first-order valence-corrected chi connectivity index (χ1v) is 5.57. The smallest absolute Gasteiger partial charge is 0.146 e. The molecule has 0 heterocycles. The first-order chi connectivity index (χ1) is 7.76. The van der Waals surface area contributed by atoms with Crippen molar-refractivity contribution in [1.82, 2.24) is 0 Å². The Hall–Kier alpha value is -1.57. The van der Waals surface area contributed by atoms with Crippen molar-refractivity contribution in [2.24, 2.45) is 0 Å². The van der Waals surface area contributed by atoms with Gasteiger partial charge in [0.15, 0.2) is 0 Å². The highest BCUT2D eigenvalue weighted by molar-refractivity contribution is 5.75. The van der Waals surface area contributed by atoms with Gasteiger partial charge in [-0.15, -0.1) is 0 Å². The molecule has 0 aliphatic heterocycles. The molecule has 1 unspecified atom stereocenters. The van der Waals surface area contributed by atoms with Crippen molar-refractivity contribution < 1.29 is 9.53 Å². The zero-order valence-electron chi connectivity index (χ0n) is 9.53. The summed E-state index contributed by atoms with van der Waals surface area (Å²) < 4.78 is 5.21. The summed E-state index contributed by atoms with van der Waals surface area (Å²) in [6, 6.07) is 6.08. The molecule has 16 heavy (non-hydrogen) atoms. The molecular weight excluding hydrogens is 200 g/mol. The summed E-state index contributed by atoms with van der Waals surface area (Å²) in [5.41, 5.74) is 3.22. The lowest BCUT2D eigenvalue weighted by atomic mass is 9.79. The molecule has 84 valence electrons. The molecule has 1 aliphatic rings. The number of ether oxygens (including phenoxy) is 1. The van der Waals surface area contributed by atoms with E-state index in [1.54, 1.807) is 7.11 Å². The summed E-state index contributed by atoms with van der Waals surface area (Å²) in [7, 11) is 1.67. The summed E-state index contributed by atoms with van der Waals surface area (Å²) in [5.74, 6) is 1.09. The van der Waals surface area contributed by atoms with Gasteiger partial charge in [-0.25, -0.2) is 0 Å². The van der Waals surface area contributed by atoms with Crippen molar-refractivity contribution in [3.63, 3.8) is 0 Å². The highest BCUT2D eigenvalue weighted by atomic mass is 16.5. The van der Waals surface area contributed by atoms with Crippen molar-refractivity contribution in [3.8, 4) is 5.75 Å². The van der Waals surface area contributed by atoms with Crippen molar-refractivity contribution in [2.75, 3.05) is 7.11 Å². The van der Waals surface area contributed by atoms with Crippen LogP contribution in [0.5, 0.6) is 5.75 Å². The molecular formula is C14H16O2. The van der Waals surface area contributed by atoms with Crippen LogP contribution in [0.2, 0.25) is 0 Å². The van der Waals surface area contributed by atoms with Gasteiger partial charge in [-0.05, 0) is 48.1 Å². The molecule has 0 amide bonds. The third-order valence-electron chi connectivity index (χ3n) is 3.26. The Morgan fingerprint density at radius 2 is 2.38 bits per heavy atom. The normalized spacial score (nSPS) is 18.7. The lowest BCUT2D eigenvalue weighted by Crippen LogP contribution is -2.12. The molecule has 0 N–H and O–H groups in total. The van der Waals surface area contributed by atoms with Gasteiger partial charge in [0.1, 0.15) is 12.0 Å². The van der Waals surface area contributed by atoms with Gasteiger partial charge < -0.3 is 4.74 Å². The number of carbonyl (C=O) groups is 1. The van der Waals surface area contributed by atoms with Gasteiger partial charge in [0.2, 0.25) is 0 Å². The van der Waals surface area contributed by atoms with Crippen molar-refractivity contribution in [3.05, 3.63) is 41.5 Å². The molecule has 0 radical (unpaired) electrons. The Morgan fingerprint density at radius 3 is 3.06 bits per heavy atom. The number of fused-ring (bicyclic) bond motifs is 1. The lowest BCUT2D eigenvalue weighted by molar-refractivity contribution is -0.105. The van der Waals surface area contributed by atoms with Crippen LogP contribution in [0.1, 0.15) is 29.9 Å². The van der Waals surface area contributed by atoms with Crippen molar-refractivity contribution in [1.29, 1.82) is 0 Å². The monoisotopic (exact) mass is 216 g/mol. The summed E-state index contributed by atoms with van der Waals surface area (Å²) >= 11 is 0. The van der Waals surface area contributed by atoms with E-state index < -0.39 is 0 Å². The van der Waals surface area contributed by atoms with Crippen LogP contribution in [-0.4, -0.2) is 13.4 Å². The van der Waals surface area contributed by atoms with Crippen LogP contribution in [0, 0.1) is 0 Å². The quantitative estimate of drug-likeness (QED) is 0.573. The van der Waals surface area contributed by atoms with Gasteiger partial charge >= 0.3 is 0 Å². The standard InChI is InChI=1S/C14H16O2/c1-10(9-15)13-5-3-4-11-8-12(16-2)6-7-14(11)13/h6-9,13H,1,3-5H2,2H3. The maximum absolute atomic E-state index is 10.8. The van der Waals surface area contributed by atoms with E-state index in [9.17, 15) is 4.79 Å². The minimum absolute atomic E-state index is 0.201. The zero-order valence-corrected chi connectivity index (χ0v) is 9.53. The van der Waals surface area contributed by atoms with Gasteiger partial charge in [0, 0.05) is 5.92 Å². The second-order valence-corrected chi connectivity index (χ2v) is 4.20. The maximum atomic E-state index is 10.8. The van der Waals surface area contributed by atoms with Gasteiger partial charge in [-0.1, -0.05) is 12.6 Å². The zero-order chi connectivity index (χ0) is 11.5. The molecule has 1 aromatic carbocycles. The number of aryl methyl sites for hydroxylation is 1. The highest BCUT2D eigenvalue weighted by Crippen LogP contribution is 2.36. The maximum Gasteiger partial charge on any atom is 0.146 e. The Balaban J connectivity index is 2.39. The third-order valence-corrected chi connectivity index (χ3v) is 3.26. The van der Waals surface area contributed by atoms with E-state index in [0.29, 0.717) is 5.57 Å². The molecule has 2 heteroatoms. The van der Waals surface area contributed by atoms with Crippen LogP contribution in [0.25, 0.3) is 0 Å². The molecule has 0 fully saturated rings. The number of rotatable bonds is 3. The fourth-order valence-corrected chi connectivity index (χ4v) is 2.38. The molecule has 0 saturated carbocycles. The summed E-state index contributed by atoms with van der Waals surface area (Å²) in [5, 5.41) is 0. The highest BCUT2D eigenvalue weighted by Gasteiger charge is 2.22. The fraction of sp³-hybridized carbons (Fsp3) is 0.357. The Kier molecular flexibility index (Phi) is 3.09. The van der Waals surface area contributed by atoms with Crippen LogP contribution in [0.15, 0.2) is 30.4 Å². The summed E-state index contributed by atoms with van der Waals surface area (Å²) in [6.07, 6.45) is 4.08. The molecule has 0 aromatic heterocycles. The average Bonchev–Trinajstić information content (AvgIpc) is 2.36. The minimum Gasteiger partial charge on any atom is -0.497 e. The van der Waals surface area contributed by atoms with E-state index in [1.807, 2.05) is 6.07 Å². The Morgan fingerprint density at radius 1 is 1.56 bits per heavy atom.